The van der Waals surface area contributed by atoms with Crippen LogP contribution in [0.15, 0.2) is 18.2 Å². The van der Waals surface area contributed by atoms with Gasteiger partial charge in [-0.3, -0.25) is 0 Å². The molecule has 1 fully saturated rings. The number of hydrogen-bond acceptors (Lipinski definition) is 3. The van der Waals surface area contributed by atoms with E-state index < -0.39 is 0 Å². The van der Waals surface area contributed by atoms with Crippen LogP contribution in [-0.4, -0.2) is 31.1 Å². The van der Waals surface area contributed by atoms with E-state index >= 15 is 0 Å². The van der Waals surface area contributed by atoms with Gasteiger partial charge in [-0.15, -0.1) is 0 Å². The van der Waals surface area contributed by atoms with Crippen LogP contribution < -0.4 is 5.32 Å². The number of rotatable bonds is 5. The molecule has 1 aromatic rings. The number of hydrogen-bond donors (Lipinski definition) is 1. The molecule has 0 atom stereocenters. The average molecular weight is 261 g/mol. The van der Waals surface area contributed by atoms with Crippen LogP contribution in [0.5, 0.6) is 0 Å². The van der Waals surface area contributed by atoms with Gasteiger partial charge in [0.15, 0.2) is 0 Å². The highest BCUT2D eigenvalue weighted by atomic mass is 19.1. The summed E-state index contributed by atoms with van der Waals surface area (Å²) < 4.78 is 13.2. The molecule has 1 aromatic carbocycles. The van der Waals surface area contributed by atoms with Crippen LogP contribution in [-0.2, 0) is 6.54 Å². The molecule has 0 amide bonds. The molecule has 1 aliphatic heterocycles. The van der Waals surface area contributed by atoms with Crippen LogP contribution >= 0.6 is 0 Å². The Hall–Kier alpha value is -1.44. The molecule has 19 heavy (non-hydrogen) atoms. The van der Waals surface area contributed by atoms with Crippen molar-refractivity contribution in [2.24, 2.45) is 0 Å². The number of piperidine rings is 1. The van der Waals surface area contributed by atoms with Gasteiger partial charge in [0.1, 0.15) is 5.82 Å². The van der Waals surface area contributed by atoms with Crippen molar-refractivity contribution in [3.05, 3.63) is 35.1 Å². The first-order valence-corrected chi connectivity index (χ1v) is 6.90. The first-order chi connectivity index (χ1) is 9.28. The van der Waals surface area contributed by atoms with E-state index in [0.717, 1.165) is 18.7 Å². The minimum absolute atomic E-state index is 0.341. The smallest absolute Gasteiger partial charge is 0.124 e. The normalized spacial score (nSPS) is 16.2. The molecule has 3 nitrogen and oxygen atoms in total. The summed E-state index contributed by atoms with van der Waals surface area (Å²) in [5.74, 6) is -0.341. The Kier molecular flexibility index (Phi) is 5.31. The number of nitrogens with one attached hydrogen (secondary N) is 1. The predicted octanol–water partition coefficient (Wildman–Crippen LogP) is 2.27. The molecule has 1 aliphatic rings. The molecular formula is C15H20FN3. The predicted molar refractivity (Wildman–Crippen MR) is 73.1 cm³/mol. The molecule has 2 rings (SSSR count). The SMILES string of the molecule is N#Cc1cc(F)cc(CNCCN2CCCCC2)c1. The van der Waals surface area contributed by atoms with Gasteiger partial charge in [-0.1, -0.05) is 6.42 Å². The number of halogens is 1. The van der Waals surface area contributed by atoms with Gasteiger partial charge in [-0.05, 0) is 49.7 Å². The largest absolute Gasteiger partial charge is 0.311 e. The van der Waals surface area contributed by atoms with Crippen LogP contribution in [0.3, 0.4) is 0 Å². The second-order valence-corrected chi connectivity index (χ2v) is 5.04. The van der Waals surface area contributed by atoms with Crippen LogP contribution in [0.4, 0.5) is 4.39 Å². The molecule has 0 spiro atoms. The lowest BCUT2D eigenvalue weighted by Gasteiger charge is -2.26. The van der Waals surface area contributed by atoms with Crippen molar-refractivity contribution in [1.82, 2.24) is 10.2 Å². The van der Waals surface area contributed by atoms with Crippen LogP contribution in [0, 0.1) is 17.1 Å². The van der Waals surface area contributed by atoms with Gasteiger partial charge in [-0.2, -0.15) is 5.26 Å². The monoisotopic (exact) mass is 261 g/mol. The fourth-order valence-corrected chi connectivity index (χ4v) is 2.47. The molecule has 0 saturated carbocycles. The second-order valence-electron chi connectivity index (χ2n) is 5.04. The van der Waals surface area contributed by atoms with Gasteiger partial charge in [0, 0.05) is 19.6 Å². The minimum Gasteiger partial charge on any atom is -0.311 e. The zero-order valence-corrected chi connectivity index (χ0v) is 11.2. The van der Waals surface area contributed by atoms with Crippen molar-refractivity contribution >= 4 is 0 Å². The van der Waals surface area contributed by atoms with E-state index in [1.807, 2.05) is 6.07 Å². The number of nitrogens with zero attached hydrogens (tertiary/aromatic N) is 2. The third kappa shape index (κ3) is 4.62. The molecule has 0 unspecified atom stereocenters. The summed E-state index contributed by atoms with van der Waals surface area (Å²) in [7, 11) is 0. The fourth-order valence-electron chi connectivity index (χ4n) is 2.47. The zero-order chi connectivity index (χ0) is 13.5. The molecule has 4 heteroatoms. The molecule has 1 saturated heterocycles. The number of nitriles is 1. The summed E-state index contributed by atoms with van der Waals surface area (Å²) in [6.07, 6.45) is 3.95. The Balaban J connectivity index is 1.73. The molecule has 0 bridgehead atoms. The quantitative estimate of drug-likeness (QED) is 0.826. The van der Waals surface area contributed by atoms with E-state index in [1.165, 1.54) is 44.5 Å². The summed E-state index contributed by atoms with van der Waals surface area (Å²) in [5, 5.41) is 12.1. The average Bonchev–Trinajstić information content (AvgIpc) is 2.44. The van der Waals surface area contributed by atoms with Crippen molar-refractivity contribution in [3.8, 4) is 6.07 Å². The fraction of sp³-hybridized carbons (Fsp3) is 0.533. The Morgan fingerprint density at radius 2 is 2.00 bits per heavy atom. The number of benzene rings is 1. The molecule has 1 N–H and O–H groups in total. The zero-order valence-electron chi connectivity index (χ0n) is 11.2. The lowest BCUT2D eigenvalue weighted by atomic mass is 10.1. The Morgan fingerprint density at radius 1 is 1.21 bits per heavy atom. The van der Waals surface area contributed by atoms with Gasteiger partial charge < -0.3 is 10.2 Å². The first-order valence-electron chi connectivity index (χ1n) is 6.90. The summed E-state index contributed by atoms with van der Waals surface area (Å²) in [6.45, 7) is 4.94. The molecular weight excluding hydrogens is 241 g/mol. The Morgan fingerprint density at radius 3 is 2.74 bits per heavy atom. The lowest BCUT2D eigenvalue weighted by molar-refractivity contribution is 0.229. The van der Waals surface area contributed by atoms with Crippen molar-refractivity contribution in [2.45, 2.75) is 25.8 Å². The van der Waals surface area contributed by atoms with Crippen LogP contribution in [0.2, 0.25) is 0 Å². The van der Waals surface area contributed by atoms with Crippen LogP contribution in [0.1, 0.15) is 30.4 Å². The third-order valence-corrected chi connectivity index (χ3v) is 3.47. The van der Waals surface area contributed by atoms with Gasteiger partial charge in [0.2, 0.25) is 0 Å². The van der Waals surface area contributed by atoms with E-state index in [1.54, 1.807) is 6.07 Å². The number of likely N-dealkylation sites (tertiary alicyclic amines) is 1. The molecule has 1 heterocycles. The van der Waals surface area contributed by atoms with Crippen molar-refractivity contribution in [2.75, 3.05) is 26.2 Å². The highest BCUT2D eigenvalue weighted by molar-refractivity contribution is 5.33. The molecule has 0 aromatic heterocycles. The van der Waals surface area contributed by atoms with Crippen LogP contribution in [0.25, 0.3) is 0 Å². The summed E-state index contributed by atoms with van der Waals surface area (Å²) in [5.41, 5.74) is 1.21. The summed E-state index contributed by atoms with van der Waals surface area (Å²) >= 11 is 0. The maximum atomic E-state index is 13.2. The highest BCUT2D eigenvalue weighted by Crippen LogP contribution is 2.09. The van der Waals surface area contributed by atoms with Gasteiger partial charge in [-0.25, -0.2) is 4.39 Å². The van der Waals surface area contributed by atoms with Crippen molar-refractivity contribution in [3.63, 3.8) is 0 Å². The van der Waals surface area contributed by atoms with Crippen molar-refractivity contribution < 1.29 is 4.39 Å². The second kappa shape index (κ2) is 7.22. The van der Waals surface area contributed by atoms with E-state index in [4.69, 9.17) is 5.26 Å². The first kappa shape index (κ1) is 14.0. The molecule has 0 aliphatic carbocycles. The van der Waals surface area contributed by atoms with E-state index in [2.05, 4.69) is 10.2 Å². The lowest BCUT2D eigenvalue weighted by Crippen LogP contribution is -2.35. The minimum atomic E-state index is -0.341. The topological polar surface area (TPSA) is 39.1 Å². The Bertz CT molecular complexity index is 447. The van der Waals surface area contributed by atoms with E-state index in [0.29, 0.717) is 12.1 Å². The highest BCUT2D eigenvalue weighted by Gasteiger charge is 2.08. The van der Waals surface area contributed by atoms with Crippen molar-refractivity contribution in [1.29, 1.82) is 5.26 Å². The summed E-state index contributed by atoms with van der Waals surface area (Å²) in [6, 6.07) is 6.45. The summed E-state index contributed by atoms with van der Waals surface area (Å²) in [4.78, 5) is 2.46. The van der Waals surface area contributed by atoms with E-state index in [-0.39, 0.29) is 5.82 Å². The maximum Gasteiger partial charge on any atom is 0.124 e. The standard InChI is InChI=1S/C15H20FN3/c16-15-9-13(11-17)8-14(10-15)12-18-4-7-19-5-2-1-3-6-19/h8-10,18H,1-7,12H2. The molecule has 102 valence electrons. The van der Waals surface area contributed by atoms with Gasteiger partial charge >= 0.3 is 0 Å². The van der Waals surface area contributed by atoms with Gasteiger partial charge in [0.05, 0.1) is 11.6 Å². The Labute approximate surface area is 114 Å². The third-order valence-electron chi connectivity index (χ3n) is 3.47. The molecule has 0 radical (unpaired) electrons. The van der Waals surface area contributed by atoms with E-state index in [9.17, 15) is 4.39 Å². The van der Waals surface area contributed by atoms with Gasteiger partial charge in [0.25, 0.3) is 0 Å². The maximum absolute atomic E-state index is 13.2.